The number of hydrogen-bond donors (Lipinski definition) is 0. The maximum Gasteiger partial charge on any atom is 0.237 e. The number of piperazine rings is 1. The number of anilines is 1. The molecule has 160 valence electrons. The molecule has 1 aromatic heterocycles. The number of carbonyl (C=O) groups excluding carboxylic acids is 1. The molecule has 7 nitrogen and oxygen atoms in total. The number of likely N-dealkylation sites (tertiary alicyclic amines) is 1. The van der Waals surface area contributed by atoms with Gasteiger partial charge in [-0.2, -0.15) is 0 Å². The van der Waals surface area contributed by atoms with Gasteiger partial charge in [-0.1, -0.05) is 6.07 Å². The number of hydrogen-bond acceptors (Lipinski definition) is 6. The summed E-state index contributed by atoms with van der Waals surface area (Å²) in [6.45, 7) is 4.75. The van der Waals surface area contributed by atoms with Crippen molar-refractivity contribution in [3.05, 3.63) is 48.2 Å². The van der Waals surface area contributed by atoms with Crippen LogP contribution in [-0.4, -0.2) is 74.2 Å². The van der Waals surface area contributed by atoms with E-state index in [4.69, 9.17) is 9.47 Å². The first kappa shape index (κ1) is 20.5. The third-order valence-electron chi connectivity index (χ3n) is 6.07. The van der Waals surface area contributed by atoms with Gasteiger partial charge < -0.3 is 19.3 Å². The summed E-state index contributed by atoms with van der Waals surface area (Å²) in [5.74, 6) is 2.79. The van der Waals surface area contributed by atoms with Gasteiger partial charge in [0, 0.05) is 44.5 Å². The highest BCUT2D eigenvalue weighted by Crippen LogP contribution is 2.39. The van der Waals surface area contributed by atoms with Crippen molar-refractivity contribution < 1.29 is 14.3 Å². The van der Waals surface area contributed by atoms with Crippen LogP contribution in [0.1, 0.15) is 24.4 Å². The lowest BCUT2D eigenvalue weighted by Gasteiger charge is -2.36. The monoisotopic (exact) mass is 410 g/mol. The minimum Gasteiger partial charge on any atom is -0.497 e. The van der Waals surface area contributed by atoms with E-state index in [1.807, 2.05) is 47.5 Å². The smallest absolute Gasteiger partial charge is 0.237 e. The van der Waals surface area contributed by atoms with E-state index in [-0.39, 0.29) is 11.9 Å². The molecule has 2 aliphatic rings. The van der Waals surface area contributed by atoms with Gasteiger partial charge in [0.2, 0.25) is 5.91 Å². The van der Waals surface area contributed by atoms with E-state index in [2.05, 4.69) is 14.8 Å². The van der Waals surface area contributed by atoms with E-state index >= 15 is 0 Å². The van der Waals surface area contributed by atoms with Crippen molar-refractivity contribution in [2.24, 2.45) is 0 Å². The zero-order chi connectivity index (χ0) is 20.9. The quantitative estimate of drug-likeness (QED) is 0.730. The van der Waals surface area contributed by atoms with Crippen molar-refractivity contribution in [3.8, 4) is 11.5 Å². The second-order valence-corrected chi connectivity index (χ2v) is 7.80. The zero-order valence-electron chi connectivity index (χ0n) is 17.8. The number of methoxy groups -OCH3 is 2. The van der Waals surface area contributed by atoms with Gasteiger partial charge in [0.1, 0.15) is 17.3 Å². The SMILES string of the molecule is COc1ccc(OC)c([C@@H]2CCCN2C(=O)CN2CCN(c3ccccn3)CC2)c1. The molecule has 0 unspecified atom stereocenters. The standard InChI is InChI=1S/C23H30N4O3/c1-29-18-8-9-21(30-2)19(16-18)20-6-5-11-27(20)23(28)17-25-12-14-26(15-13-25)22-7-3-4-10-24-22/h3-4,7-10,16,20H,5-6,11-15,17H2,1-2H3/t20-/m0/s1. The van der Waals surface area contributed by atoms with Crippen LogP contribution in [0.4, 0.5) is 5.82 Å². The number of aromatic nitrogens is 1. The lowest BCUT2D eigenvalue weighted by atomic mass is 10.0. The number of carbonyl (C=O) groups is 1. The highest BCUT2D eigenvalue weighted by Gasteiger charge is 2.33. The highest BCUT2D eigenvalue weighted by molar-refractivity contribution is 5.79. The Kier molecular flexibility index (Phi) is 6.38. The number of amides is 1. The Morgan fingerprint density at radius 3 is 2.60 bits per heavy atom. The zero-order valence-corrected chi connectivity index (χ0v) is 17.8. The van der Waals surface area contributed by atoms with Gasteiger partial charge in [0.25, 0.3) is 0 Å². The molecule has 30 heavy (non-hydrogen) atoms. The summed E-state index contributed by atoms with van der Waals surface area (Å²) in [5, 5.41) is 0. The van der Waals surface area contributed by atoms with E-state index in [0.29, 0.717) is 6.54 Å². The summed E-state index contributed by atoms with van der Waals surface area (Å²) < 4.78 is 11.0. The predicted molar refractivity (Wildman–Crippen MR) is 116 cm³/mol. The maximum atomic E-state index is 13.2. The fourth-order valence-corrected chi connectivity index (χ4v) is 4.45. The van der Waals surface area contributed by atoms with Crippen LogP contribution < -0.4 is 14.4 Å². The van der Waals surface area contributed by atoms with E-state index in [1.54, 1.807) is 14.2 Å². The van der Waals surface area contributed by atoms with Crippen LogP contribution in [-0.2, 0) is 4.79 Å². The van der Waals surface area contributed by atoms with Crippen LogP contribution >= 0.6 is 0 Å². The summed E-state index contributed by atoms with van der Waals surface area (Å²) >= 11 is 0. The molecule has 0 N–H and O–H groups in total. The van der Waals surface area contributed by atoms with Crippen molar-refractivity contribution >= 4 is 11.7 Å². The third kappa shape index (κ3) is 4.36. The molecule has 1 aromatic carbocycles. The van der Waals surface area contributed by atoms with Gasteiger partial charge >= 0.3 is 0 Å². The van der Waals surface area contributed by atoms with E-state index in [0.717, 1.165) is 68.4 Å². The van der Waals surface area contributed by atoms with Crippen LogP contribution in [0.3, 0.4) is 0 Å². The van der Waals surface area contributed by atoms with Gasteiger partial charge in [0.05, 0.1) is 26.8 Å². The first-order valence-electron chi connectivity index (χ1n) is 10.6. The Morgan fingerprint density at radius 1 is 1.07 bits per heavy atom. The average molecular weight is 411 g/mol. The fourth-order valence-electron chi connectivity index (χ4n) is 4.45. The van der Waals surface area contributed by atoms with Crippen molar-refractivity contribution in [2.75, 3.05) is 58.4 Å². The molecular weight excluding hydrogens is 380 g/mol. The molecule has 2 aliphatic heterocycles. The van der Waals surface area contributed by atoms with Crippen molar-refractivity contribution in [1.29, 1.82) is 0 Å². The lowest BCUT2D eigenvalue weighted by molar-refractivity contribution is -0.133. The van der Waals surface area contributed by atoms with Crippen molar-refractivity contribution in [1.82, 2.24) is 14.8 Å². The molecule has 3 heterocycles. The Balaban J connectivity index is 1.39. The molecule has 7 heteroatoms. The predicted octanol–water partition coefficient (Wildman–Crippen LogP) is 2.58. The first-order valence-corrected chi connectivity index (χ1v) is 10.6. The molecule has 1 atom stereocenters. The van der Waals surface area contributed by atoms with Gasteiger partial charge in [-0.15, -0.1) is 0 Å². The minimum atomic E-state index is 0.0392. The molecule has 2 fully saturated rings. The summed E-state index contributed by atoms with van der Waals surface area (Å²) in [4.78, 5) is 24.2. The Labute approximate surface area is 178 Å². The number of rotatable bonds is 6. The number of ether oxygens (including phenoxy) is 2. The maximum absolute atomic E-state index is 13.2. The van der Waals surface area contributed by atoms with Gasteiger partial charge in [-0.3, -0.25) is 9.69 Å². The highest BCUT2D eigenvalue weighted by atomic mass is 16.5. The second-order valence-electron chi connectivity index (χ2n) is 7.80. The van der Waals surface area contributed by atoms with Crippen LogP contribution in [0.2, 0.25) is 0 Å². The Hall–Kier alpha value is -2.80. The van der Waals surface area contributed by atoms with Crippen molar-refractivity contribution in [2.45, 2.75) is 18.9 Å². The normalized spacial score (nSPS) is 19.7. The van der Waals surface area contributed by atoms with Gasteiger partial charge in [-0.05, 0) is 43.2 Å². The molecule has 4 rings (SSSR count). The topological polar surface area (TPSA) is 58.1 Å². The lowest BCUT2D eigenvalue weighted by Crippen LogP contribution is -2.50. The van der Waals surface area contributed by atoms with Crippen LogP contribution in [0.5, 0.6) is 11.5 Å². The molecule has 2 saturated heterocycles. The number of benzene rings is 1. The van der Waals surface area contributed by atoms with E-state index in [1.165, 1.54) is 0 Å². The fraction of sp³-hybridized carbons (Fsp3) is 0.478. The summed E-state index contributed by atoms with van der Waals surface area (Å²) in [5.41, 5.74) is 1.03. The number of nitrogens with zero attached hydrogens (tertiary/aromatic N) is 4. The van der Waals surface area contributed by atoms with Crippen molar-refractivity contribution in [3.63, 3.8) is 0 Å². The molecule has 0 bridgehead atoms. The van der Waals surface area contributed by atoms with Crippen LogP contribution in [0.25, 0.3) is 0 Å². The molecule has 0 radical (unpaired) electrons. The van der Waals surface area contributed by atoms with Gasteiger partial charge in [0.15, 0.2) is 0 Å². The average Bonchev–Trinajstić information content (AvgIpc) is 3.30. The molecule has 0 spiro atoms. The summed E-state index contributed by atoms with van der Waals surface area (Å²) in [7, 11) is 3.33. The Bertz CT molecular complexity index is 853. The second kappa shape index (κ2) is 9.34. The van der Waals surface area contributed by atoms with Gasteiger partial charge in [-0.25, -0.2) is 4.98 Å². The van der Waals surface area contributed by atoms with Crippen LogP contribution in [0.15, 0.2) is 42.6 Å². The van der Waals surface area contributed by atoms with E-state index < -0.39 is 0 Å². The largest absolute Gasteiger partial charge is 0.497 e. The third-order valence-corrected chi connectivity index (χ3v) is 6.07. The number of pyridine rings is 1. The molecule has 2 aromatic rings. The summed E-state index contributed by atoms with van der Waals surface area (Å²) in [6, 6.07) is 11.8. The molecule has 1 amide bonds. The Morgan fingerprint density at radius 2 is 1.90 bits per heavy atom. The minimum absolute atomic E-state index is 0.0392. The molecule has 0 aliphatic carbocycles. The van der Waals surface area contributed by atoms with E-state index in [9.17, 15) is 4.79 Å². The van der Waals surface area contributed by atoms with Crippen LogP contribution in [0, 0.1) is 0 Å². The first-order chi connectivity index (χ1) is 14.7. The molecule has 0 saturated carbocycles. The molecular formula is C23H30N4O3. The summed E-state index contributed by atoms with van der Waals surface area (Å²) in [6.07, 6.45) is 3.78.